The molecular formula is C21H29N7O. The van der Waals surface area contributed by atoms with Crippen molar-refractivity contribution in [2.75, 3.05) is 13.1 Å². The maximum Gasteiger partial charge on any atom is 0.241 e. The number of rotatable bonds is 6. The number of hydrazine groups is 1. The first-order chi connectivity index (χ1) is 14.0. The fourth-order valence-electron chi connectivity index (χ4n) is 3.96. The quantitative estimate of drug-likeness (QED) is 0.593. The summed E-state index contributed by atoms with van der Waals surface area (Å²) < 4.78 is 1.86. The number of aryl methyl sites for hydroxylation is 2. The van der Waals surface area contributed by atoms with Crippen molar-refractivity contribution in [1.29, 1.82) is 0 Å². The Balaban J connectivity index is 1.38. The van der Waals surface area contributed by atoms with E-state index in [0.29, 0.717) is 25.9 Å². The monoisotopic (exact) mass is 395 g/mol. The summed E-state index contributed by atoms with van der Waals surface area (Å²) >= 11 is 0. The molecule has 2 unspecified atom stereocenters. The molecule has 8 nitrogen and oxygen atoms in total. The van der Waals surface area contributed by atoms with E-state index in [1.54, 1.807) is 0 Å². The number of fused-ring (bicyclic) bond motifs is 1. The summed E-state index contributed by atoms with van der Waals surface area (Å²) in [6, 6.07) is 6.05. The van der Waals surface area contributed by atoms with E-state index in [4.69, 9.17) is 0 Å². The van der Waals surface area contributed by atoms with Crippen molar-refractivity contribution in [3.8, 4) is 0 Å². The molecule has 1 fully saturated rings. The third-order valence-electron chi connectivity index (χ3n) is 5.85. The maximum atomic E-state index is 13.1. The predicted octanol–water partition coefficient (Wildman–Crippen LogP) is 1.91. The van der Waals surface area contributed by atoms with Crippen LogP contribution in [0.5, 0.6) is 0 Å². The summed E-state index contributed by atoms with van der Waals surface area (Å²) in [7, 11) is 1.93. The summed E-state index contributed by atoms with van der Waals surface area (Å²) in [5, 5.41) is 4.31. The van der Waals surface area contributed by atoms with E-state index >= 15 is 0 Å². The molecule has 1 aromatic carbocycles. The largest absolute Gasteiger partial charge is 0.342 e. The van der Waals surface area contributed by atoms with Crippen molar-refractivity contribution < 1.29 is 4.79 Å². The van der Waals surface area contributed by atoms with Gasteiger partial charge in [-0.15, -0.1) is 0 Å². The third kappa shape index (κ3) is 3.90. The summed E-state index contributed by atoms with van der Waals surface area (Å²) in [4.78, 5) is 23.0. The number of nitrogens with zero attached hydrogens (tertiary/aromatic N) is 4. The average molecular weight is 396 g/mol. The minimum atomic E-state index is -0.238. The summed E-state index contributed by atoms with van der Waals surface area (Å²) in [5.74, 6) is 1.04. The molecule has 29 heavy (non-hydrogen) atoms. The van der Waals surface area contributed by atoms with Crippen molar-refractivity contribution in [3.05, 3.63) is 47.0 Å². The molecule has 8 heteroatoms. The molecule has 1 aliphatic heterocycles. The second kappa shape index (κ2) is 7.96. The van der Waals surface area contributed by atoms with Gasteiger partial charge in [0, 0.05) is 37.8 Å². The Labute approximate surface area is 170 Å². The number of carbonyl (C=O) groups excluding carboxylic acids is 1. The molecule has 2 aromatic heterocycles. The molecule has 0 radical (unpaired) electrons. The van der Waals surface area contributed by atoms with Gasteiger partial charge < -0.3 is 9.88 Å². The Bertz CT molecular complexity index is 1020. The van der Waals surface area contributed by atoms with Crippen LogP contribution in [0.4, 0.5) is 0 Å². The minimum Gasteiger partial charge on any atom is -0.342 e. The molecule has 154 valence electrons. The molecule has 3 heterocycles. The molecule has 1 aliphatic rings. The van der Waals surface area contributed by atoms with Gasteiger partial charge in [0.1, 0.15) is 11.9 Å². The van der Waals surface area contributed by atoms with Crippen molar-refractivity contribution in [2.45, 2.75) is 45.7 Å². The van der Waals surface area contributed by atoms with Crippen molar-refractivity contribution in [1.82, 2.24) is 35.5 Å². The molecule has 3 N–H and O–H groups in total. The van der Waals surface area contributed by atoms with Gasteiger partial charge in [-0.2, -0.15) is 5.10 Å². The first kappa shape index (κ1) is 19.6. The fourth-order valence-corrected chi connectivity index (χ4v) is 3.96. The van der Waals surface area contributed by atoms with Crippen molar-refractivity contribution in [3.63, 3.8) is 0 Å². The molecule has 1 amide bonds. The summed E-state index contributed by atoms with van der Waals surface area (Å²) in [6.45, 7) is 7.45. The molecule has 2 atom stereocenters. The molecule has 0 bridgehead atoms. The molecule has 4 rings (SSSR count). The Morgan fingerprint density at radius 3 is 2.86 bits per heavy atom. The van der Waals surface area contributed by atoms with E-state index in [1.165, 1.54) is 5.56 Å². The number of aromatic nitrogens is 4. The number of nitrogens with one attached hydrogen (secondary N) is 3. The highest BCUT2D eigenvalue weighted by molar-refractivity contribution is 5.82. The Kier molecular flexibility index (Phi) is 5.38. The average Bonchev–Trinajstić information content (AvgIpc) is 3.41. The van der Waals surface area contributed by atoms with Gasteiger partial charge in [-0.05, 0) is 44.9 Å². The predicted molar refractivity (Wildman–Crippen MR) is 112 cm³/mol. The number of likely N-dealkylation sites (N-methyl/N-ethyl adjacent to an activating group) is 1. The van der Waals surface area contributed by atoms with E-state index in [-0.39, 0.29) is 18.0 Å². The second-order valence-corrected chi connectivity index (χ2v) is 7.81. The molecular weight excluding hydrogens is 366 g/mol. The second-order valence-electron chi connectivity index (χ2n) is 7.81. The highest BCUT2D eigenvalue weighted by Gasteiger charge is 2.33. The van der Waals surface area contributed by atoms with Crippen LogP contribution in [0.1, 0.15) is 42.0 Å². The van der Waals surface area contributed by atoms with Gasteiger partial charge in [0.25, 0.3) is 0 Å². The molecule has 3 aromatic rings. The lowest BCUT2D eigenvalue weighted by atomic mass is 10.0. The third-order valence-corrected chi connectivity index (χ3v) is 5.85. The lowest BCUT2D eigenvalue weighted by molar-refractivity contribution is -0.133. The van der Waals surface area contributed by atoms with Gasteiger partial charge in [0.2, 0.25) is 5.91 Å². The van der Waals surface area contributed by atoms with Crippen molar-refractivity contribution >= 4 is 16.9 Å². The SMILES string of the molecule is CCN(CCc1nc2ccc(C)cc2[nH]1)C(=O)C1CC(c2cnn(C)c2C)NN1. The number of hydrogen-bond donors (Lipinski definition) is 3. The maximum absolute atomic E-state index is 13.1. The summed E-state index contributed by atoms with van der Waals surface area (Å²) in [5.41, 5.74) is 11.9. The fraction of sp³-hybridized carbons (Fsp3) is 0.476. The van der Waals surface area contributed by atoms with Crippen LogP contribution in [0.15, 0.2) is 24.4 Å². The van der Waals surface area contributed by atoms with Crippen LogP contribution in [0.25, 0.3) is 11.0 Å². The van der Waals surface area contributed by atoms with Gasteiger partial charge in [0.05, 0.1) is 23.3 Å². The Morgan fingerprint density at radius 2 is 2.14 bits per heavy atom. The van der Waals surface area contributed by atoms with Crippen molar-refractivity contribution in [2.24, 2.45) is 7.05 Å². The number of benzene rings is 1. The van der Waals surface area contributed by atoms with Crippen LogP contribution in [0.3, 0.4) is 0 Å². The van der Waals surface area contributed by atoms with Crippen LogP contribution < -0.4 is 10.9 Å². The van der Waals surface area contributed by atoms with E-state index in [2.05, 4.69) is 45.0 Å². The van der Waals surface area contributed by atoms with Gasteiger partial charge in [-0.1, -0.05) is 6.07 Å². The molecule has 0 aliphatic carbocycles. The Hall–Kier alpha value is -2.71. The molecule has 0 spiro atoms. The Morgan fingerprint density at radius 1 is 1.31 bits per heavy atom. The number of imidazole rings is 1. The number of amides is 1. The lowest BCUT2D eigenvalue weighted by Gasteiger charge is -2.23. The number of hydrogen-bond acceptors (Lipinski definition) is 5. The number of aromatic amines is 1. The normalized spacial score (nSPS) is 19.2. The highest BCUT2D eigenvalue weighted by Crippen LogP contribution is 2.25. The van der Waals surface area contributed by atoms with Crippen LogP contribution in [0.2, 0.25) is 0 Å². The van der Waals surface area contributed by atoms with Gasteiger partial charge in [0.15, 0.2) is 0 Å². The van der Waals surface area contributed by atoms with Crippen LogP contribution in [-0.2, 0) is 18.3 Å². The van der Waals surface area contributed by atoms with Crippen LogP contribution in [-0.4, -0.2) is 49.7 Å². The smallest absolute Gasteiger partial charge is 0.241 e. The van der Waals surface area contributed by atoms with Gasteiger partial charge in [-0.3, -0.25) is 9.48 Å². The zero-order valence-corrected chi connectivity index (χ0v) is 17.5. The zero-order chi connectivity index (χ0) is 20.5. The van der Waals surface area contributed by atoms with E-state index in [9.17, 15) is 4.79 Å². The van der Waals surface area contributed by atoms with Gasteiger partial charge >= 0.3 is 0 Å². The summed E-state index contributed by atoms with van der Waals surface area (Å²) in [6.07, 6.45) is 3.30. The zero-order valence-electron chi connectivity index (χ0n) is 17.5. The highest BCUT2D eigenvalue weighted by atomic mass is 16.2. The number of carbonyl (C=O) groups is 1. The van der Waals surface area contributed by atoms with Gasteiger partial charge in [-0.25, -0.2) is 15.8 Å². The van der Waals surface area contributed by atoms with E-state index < -0.39 is 0 Å². The molecule has 1 saturated heterocycles. The van der Waals surface area contributed by atoms with E-state index in [0.717, 1.165) is 28.1 Å². The van der Waals surface area contributed by atoms with E-state index in [1.807, 2.05) is 42.7 Å². The first-order valence-corrected chi connectivity index (χ1v) is 10.2. The topological polar surface area (TPSA) is 90.9 Å². The van der Waals surface area contributed by atoms with Crippen LogP contribution >= 0.6 is 0 Å². The minimum absolute atomic E-state index is 0.0926. The number of H-pyrrole nitrogens is 1. The lowest BCUT2D eigenvalue weighted by Crippen LogP contribution is -2.46. The standard InChI is InChI=1S/C21H29N7O/c1-5-28(9-8-20-23-16-7-6-13(2)10-18(16)24-20)21(29)19-11-17(25-26-19)15-12-22-27(4)14(15)3/h6-7,10,12,17,19,25-26H,5,8-9,11H2,1-4H3,(H,23,24). The van der Waals surface area contributed by atoms with Crippen LogP contribution in [0, 0.1) is 13.8 Å². The first-order valence-electron chi connectivity index (χ1n) is 10.2. The molecule has 0 saturated carbocycles.